The van der Waals surface area contributed by atoms with Crippen molar-refractivity contribution < 1.29 is 4.79 Å². The zero-order valence-corrected chi connectivity index (χ0v) is 16.1. The van der Waals surface area contributed by atoms with Gasteiger partial charge in [0.15, 0.2) is 5.65 Å². The maximum Gasteiger partial charge on any atom is 0.259 e. The Morgan fingerprint density at radius 3 is 2.59 bits per heavy atom. The van der Waals surface area contributed by atoms with Gasteiger partial charge in [0.25, 0.3) is 5.91 Å². The van der Waals surface area contributed by atoms with E-state index in [2.05, 4.69) is 32.0 Å². The number of hydrogen-bond donors (Lipinski definition) is 0. The molecule has 3 aromatic heterocycles. The molecule has 142 valence electrons. The Morgan fingerprint density at radius 1 is 1.15 bits per heavy atom. The molecule has 0 bridgehead atoms. The number of rotatable bonds is 4. The number of anilines is 1. The molecule has 0 aliphatic carbocycles. The van der Waals surface area contributed by atoms with Crippen molar-refractivity contribution >= 4 is 28.3 Å². The van der Waals surface area contributed by atoms with Crippen LogP contribution in [0.4, 0.5) is 5.69 Å². The van der Waals surface area contributed by atoms with E-state index in [1.165, 1.54) is 0 Å². The minimum absolute atomic E-state index is 0.00215. The fourth-order valence-electron chi connectivity index (χ4n) is 3.80. The molecular formula is C19H25N7O. The molecule has 8 nitrogen and oxygen atoms in total. The van der Waals surface area contributed by atoms with Crippen LogP contribution in [0.2, 0.25) is 0 Å². The largest absolute Gasteiger partial charge is 0.368 e. The Hall–Kier alpha value is -2.74. The Bertz CT molecular complexity index is 971. The number of nitrogens with zero attached hydrogens (tertiary/aromatic N) is 7. The van der Waals surface area contributed by atoms with Crippen LogP contribution in [0.15, 0.2) is 24.7 Å². The van der Waals surface area contributed by atoms with Gasteiger partial charge >= 0.3 is 0 Å². The van der Waals surface area contributed by atoms with Gasteiger partial charge in [0.05, 0.1) is 5.69 Å². The van der Waals surface area contributed by atoms with Gasteiger partial charge < -0.3 is 14.7 Å². The van der Waals surface area contributed by atoms with Gasteiger partial charge in [0.1, 0.15) is 17.5 Å². The van der Waals surface area contributed by atoms with Crippen molar-refractivity contribution in [2.24, 2.45) is 0 Å². The lowest BCUT2D eigenvalue weighted by Gasteiger charge is -2.36. The molecule has 0 saturated carbocycles. The molecule has 1 aliphatic heterocycles. The molecule has 0 unspecified atom stereocenters. The highest BCUT2D eigenvalue weighted by Gasteiger charge is 2.29. The lowest BCUT2D eigenvalue weighted by atomic mass is 10.1. The van der Waals surface area contributed by atoms with Crippen LogP contribution in [0.5, 0.6) is 0 Å². The Kier molecular flexibility index (Phi) is 4.65. The molecule has 0 aromatic carbocycles. The van der Waals surface area contributed by atoms with Crippen LogP contribution >= 0.6 is 0 Å². The van der Waals surface area contributed by atoms with Crippen LogP contribution in [0.3, 0.4) is 0 Å². The summed E-state index contributed by atoms with van der Waals surface area (Å²) in [6, 6.07) is 3.96. The standard InChI is InChI=1S/C19H25N7O/c1-4-24(5-2)19(27)15-16(25-11-9-23(3)10-12-25)14-7-6-8-20-17(14)26-13-21-22-18(15)26/h6-8,13H,4-5,9-12H2,1-3H3. The number of fused-ring (bicyclic) bond motifs is 3. The molecule has 0 N–H and O–H groups in total. The van der Waals surface area contributed by atoms with Crippen LogP contribution in [0.1, 0.15) is 24.2 Å². The first kappa shape index (κ1) is 17.7. The van der Waals surface area contributed by atoms with Crippen molar-refractivity contribution in [3.63, 3.8) is 0 Å². The van der Waals surface area contributed by atoms with E-state index >= 15 is 0 Å². The van der Waals surface area contributed by atoms with Gasteiger partial charge in [-0.2, -0.15) is 0 Å². The summed E-state index contributed by atoms with van der Waals surface area (Å²) in [5, 5.41) is 9.34. The fraction of sp³-hybridized carbons (Fsp3) is 0.474. The predicted octanol–water partition coefficient (Wildman–Crippen LogP) is 1.51. The van der Waals surface area contributed by atoms with Gasteiger partial charge in [0, 0.05) is 50.9 Å². The lowest BCUT2D eigenvalue weighted by molar-refractivity contribution is 0.0775. The van der Waals surface area contributed by atoms with Crippen molar-refractivity contribution in [2.45, 2.75) is 13.8 Å². The molecule has 0 radical (unpaired) electrons. The number of carbonyl (C=O) groups excluding carboxylic acids is 1. The Morgan fingerprint density at radius 2 is 1.89 bits per heavy atom. The van der Waals surface area contributed by atoms with E-state index in [1.807, 2.05) is 35.3 Å². The van der Waals surface area contributed by atoms with Crippen molar-refractivity contribution in [1.29, 1.82) is 0 Å². The minimum Gasteiger partial charge on any atom is -0.368 e. The number of aromatic nitrogens is 4. The van der Waals surface area contributed by atoms with Gasteiger partial charge in [0.2, 0.25) is 0 Å². The second-order valence-electron chi connectivity index (χ2n) is 6.89. The third-order valence-corrected chi connectivity index (χ3v) is 5.36. The van der Waals surface area contributed by atoms with Crippen molar-refractivity contribution in [3.05, 3.63) is 30.2 Å². The average Bonchev–Trinajstić information content (AvgIpc) is 3.18. The second kappa shape index (κ2) is 7.11. The molecule has 1 saturated heterocycles. The minimum atomic E-state index is -0.00215. The van der Waals surface area contributed by atoms with E-state index in [-0.39, 0.29) is 5.91 Å². The van der Waals surface area contributed by atoms with Gasteiger partial charge in [-0.05, 0) is 33.0 Å². The zero-order chi connectivity index (χ0) is 19.0. The van der Waals surface area contributed by atoms with Crippen LogP contribution in [0, 0.1) is 0 Å². The highest BCUT2D eigenvalue weighted by molar-refractivity contribution is 6.12. The Labute approximate surface area is 158 Å². The van der Waals surface area contributed by atoms with Crippen LogP contribution in [-0.4, -0.2) is 81.6 Å². The van der Waals surface area contributed by atoms with Crippen molar-refractivity contribution in [1.82, 2.24) is 29.4 Å². The SMILES string of the molecule is CCN(CC)C(=O)c1c(N2CCN(C)CC2)c2cccnc2n2cnnc12. The van der Waals surface area contributed by atoms with E-state index in [0.717, 1.165) is 42.9 Å². The van der Waals surface area contributed by atoms with Gasteiger partial charge in [-0.25, -0.2) is 4.98 Å². The summed E-state index contributed by atoms with van der Waals surface area (Å²) in [6.07, 6.45) is 3.40. The van der Waals surface area contributed by atoms with Crippen LogP contribution in [0.25, 0.3) is 16.7 Å². The molecule has 1 fully saturated rings. The quantitative estimate of drug-likeness (QED) is 0.696. The fourth-order valence-corrected chi connectivity index (χ4v) is 3.80. The van der Waals surface area contributed by atoms with Crippen molar-refractivity contribution in [2.75, 3.05) is 51.2 Å². The van der Waals surface area contributed by atoms with E-state index < -0.39 is 0 Å². The Balaban J connectivity index is 2.01. The molecule has 4 rings (SSSR count). The van der Waals surface area contributed by atoms with E-state index in [4.69, 9.17) is 0 Å². The average molecular weight is 367 g/mol. The zero-order valence-electron chi connectivity index (χ0n) is 16.1. The summed E-state index contributed by atoms with van der Waals surface area (Å²) in [5.41, 5.74) is 2.92. The molecule has 3 aromatic rings. The van der Waals surface area contributed by atoms with Gasteiger partial charge in [-0.3, -0.25) is 9.20 Å². The molecule has 8 heteroatoms. The number of likely N-dealkylation sites (N-methyl/N-ethyl adjacent to an activating group) is 1. The maximum atomic E-state index is 13.5. The number of hydrogen-bond acceptors (Lipinski definition) is 6. The highest BCUT2D eigenvalue weighted by Crippen LogP contribution is 2.34. The topological polar surface area (TPSA) is 69.9 Å². The normalized spacial score (nSPS) is 15.6. The summed E-state index contributed by atoms with van der Waals surface area (Å²) in [5.74, 6) is -0.00215. The smallest absolute Gasteiger partial charge is 0.259 e. The van der Waals surface area contributed by atoms with Crippen LogP contribution in [-0.2, 0) is 0 Å². The lowest BCUT2D eigenvalue weighted by Crippen LogP contribution is -2.45. The molecule has 4 heterocycles. The summed E-state index contributed by atoms with van der Waals surface area (Å²) >= 11 is 0. The molecule has 1 amide bonds. The van der Waals surface area contributed by atoms with Crippen LogP contribution < -0.4 is 4.90 Å². The first-order chi connectivity index (χ1) is 13.2. The number of amides is 1. The summed E-state index contributed by atoms with van der Waals surface area (Å²) < 4.78 is 1.83. The predicted molar refractivity (Wildman–Crippen MR) is 105 cm³/mol. The highest BCUT2D eigenvalue weighted by atomic mass is 16.2. The van der Waals surface area contributed by atoms with E-state index in [0.29, 0.717) is 24.3 Å². The second-order valence-corrected chi connectivity index (χ2v) is 6.89. The monoisotopic (exact) mass is 367 g/mol. The third kappa shape index (κ3) is 2.90. The van der Waals surface area contributed by atoms with Gasteiger partial charge in [-0.1, -0.05) is 0 Å². The maximum absolute atomic E-state index is 13.5. The first-order valence-electron chi connectivity index (χ1n) is 9.48. The molecule has 0 atom stereocenters. The number of piperazine rings is 1. The number of carbonyl (C=O) groups is 1. The first-order valence-corrected chi connectivity index (χ1v) is 9.48. The van der Waals surface area contributed by atoms with Gasteiger partial charge in [-0.15, -0.1) is 10.2 Å². The summed E-state index contributed by atoms with van der Waals surface area (Å²) in [6.45, 7) is 8.95. The molecule has 1 aliphatic rings. The summed E-state index contributed by atoms with van der Waals surface area (Å²) in [4.78, 5) is 24.5. The van der Waals surface area contributed by atoms with E-state index in [1.54, 1.807) is 12.5 Å². The molecular weight excluding hydrogens is 342 g/mol. The van der Waals surface area contributed by atoms with Crippen molar-refractivity contribution in [3.8, 4) is 0 Å². The van der Waals surface area contributed by atoms with E-state index in [9.17, 15) is 4.79 Å². The molecule has 0 spiro atoms. The molecule has 27 heavy (non-hydrogen) atoms. The summed E-state index contributed by atoms with van der Waals surface area (Å²) in [7, 11) is 2.13. The number of pyridine rings is 2. The third-order valence-electron chi connectivity index (χ3n) is 5.36.